The molecule has 1 fully saturated rings. The summed E-state index contributed by atoms with van der Waals surface area (Å²) in [6.07, 6.45) is 5.13. The van der Waals surface area contributed by atoms with E-state index in [2.05, 4.69) is 16.8 Å². The second-order valence-electron chi connectivity index (χ2n) is 8.52. The number of methoxy groups -OCH3 is 1. The molecule has 32 heavy (non-hydrogen) atoms. The highest BCUT2D eigenvalue weighted by molar-refractivity contribution is 7.99. The van der Waals surface area contributed by atoms with Crippen molar-refractivity contribution in [2.24, 2.45) is 11.8 Å². The van der Waals surface area contributed by atoms with Crippen LogP contribution >= 0.6 is 11.8 Å². The van der Waals surface area contributed by atoms with Crippen LogP contribution in [0.2, 0.25) is 0 Å². The second kappa shape index (κ2) is 12.2. The number of benzene rings is 1. The minimum atomic E-state index is -0.749. The van der Waals surface area contributed by atoms with Gasteiger partial charge in [0.2, 0.25) is 0 Å². The van der Waals surface area contributed by atoms with E-state index in [1.807, 2.05) is 30.0 Å². The maximum absolute atomic E-state index is 13.1. The monoisotopic (exact) mass is 458 g/mol. The summed E-state index contributed by atoms with van der Waals surface area (Å²) in [5.74, 6) is 2.66. The summed E-state index contributed by atoms with van der Waals surface area (Å²) in [7, 11) is 1.61. The molecule has 3 rings (SSSR count). The number of likely N-dealkylation sites (tertiary alicyclic amines) is 1. The highest BCUT2D eigenvalue weighted by Crippen LogP contribution is 2.32. The summed E-state index contributed by atoms with van der Waals surface area (Å²) in [4.78, 5) is 31.3. The van der Waals surface area contributed by atoms with Crippen LogP contribution < -0.4 is 4.74 Å². The van der Waals surface area contributed by atoms with E-state index in [0.717, 1.165) is 49.1 Å². The normalized spacial score (nSPS) is 19.2. The van der Waals surface area contributed by atoms with Crippen molar-refractivity contribution in [3.05, 3.63) is 36.0 Å². The number of thioether (sulfide) groups is 1. The molecule has 1 aromatic heterocycles. The highest BCUT2D eigenvalue weighted by Gasteiger charge is 2.31. The van der Waals surface area contributed by atoms with Crippen LogP contribution in [0.25, 0.3) is 10.9 Å². The van der Waals surface area contributed by atoms with Crippen LogP contribution in [0.1, 0.15) is 49.4 Å². The van der Waals surface area contributed by atoms with Crippen LogP contribution in [-0.4, -0.2) is 65.0 Å². The number of carbonyl (C=O) groups is 2. The molecule has 0 aliphatic carbocycles. The Kier molecular flexibility index (Phi) is 9.36. The van der Waals surface area contributed by atoms with E-state index in [4.69, 9.17) is 4.74 Å². The van der Waals surface area contributed by atoms with Crippen molar-refractivity contribution in [3.8, 4) is 5.75 Å². The van der Waals surface area contributed by atoms with Crippen LogP contribution in [0.4, 0.5) is 0 Å². The number of piperidine rings is 1. The first-order chi connectivity index (χ1) is 15.5. The van der Waals surface area contributed by atoms with Crippen molar-refractivity contribution in [3.63, 3.8) is 0 Å². The lowest BCUT2D eigenvalue weighted by atomic mass is 9.79. The van der Waals surface area contributed by atoms with Gasteiger partial charge >= 0.3 is 5.97 Å². The number of ether oxygens (including phenoxy) is 1. The van der Waals surface area contributed by atoms with Crippen molar-refractivity contribution in [1.82, 2.24) is 9.88 Å². The van der Waals surface area contributed by atoms with Gasteiger partial charge in [-0.25, -0.2) is 0 Å². The Balaban J connectivity index is 1.63. The summed E-state index contributed by atoms with van der Waals surface area (Å²) in [5.41, 5.74) is 1.43. The number of carbonyl (C=O) groups excluding carboxylic acids is 1. The van der Waals surface area contributed by atoms with Crippen molar-refractivity contribution in [2.75, 3.05) is 38.2 Å². The van der Waals surface area contributed by atoms with Gasteiger partial charge in [-0.1, -0.05) is 6.92 Å². The zero-order chi connectivity index (χ0) is 22.9. The molecule has 174 valence electrons. The van der Waals surface area contributed by atoms with Crippen LogP contribution in [0.3, 0.4) is 0 Å². The molecule has 2 heterocycles. The molecule has 0 bridgehead atoms. The maximum Gasteiger partial charge on any atom is 0.303 e. The van der Waals surface area contributed by atoms with Crippen molar-refractivity contribution in [1.29, 1.82) is 0 Å². The number of carboxylic acids is 1. The Morgan fingerprint density at radius 3 is 2.84 bits per heavy atom. The average Bonchev–Trinajstić information content (AvgIpc) is 2.80. The molecular weight excluding hydrogens is 424 g/mol. The van der Waals surface area contributed by atoms with E-state index in [1.165, 1.54) is 12.2 Å². The third-order valence-corrected chi connectivity index (χ3v) is 7.47. The predicted molar refractivity (Wildman–Crippen MR) is 130 cm³/mol. The summed E-state index contributed by atoms with van der Waals surface area (Å²) in [6.45, 7) is 5.00. The molecule has 2 aromatic rings. The maximum atomic E-state index is 13.1. The molecule has 7 heteroatoms. The standard InChI is InChI=1S/C25H34N2O4S/c1-3-13-32-14-12-27-11-9-18(19(17-27)15-25(29)30)4-7-24(28)21-8-10-26-23-6-5-20(31-2)16-22(21)23/h5-6,8,10,16,18-19H,3-4,7,9,11-15,17H2,1-2H3,(H,29,30). The molecule has 0 amide bonds. The number of nitrogens with zero attached hydrogens (tertiary/aromatic N) is 2. The fourth-order valence-corrected chi connectivity index (χ4v) is 5.46. The van der Waals surface area contributed by atoms with Gasteiger partial charge in [-0.05, 0) is 67.7 Å². The van der Waals surface area contributed by atoms with E-state index >= 15 is 0 Å². The Bertz CT molecular complexity index is 920. The number of Topliss-reactive ketones (excluding diaryl/α,β-unsaturated/α-hetero) is 1. The number of pyridine rings is 1. The average molecular weight is 459 g/mol. The lowest BCUT2D eigenvalue weighted by molar-refractivity contribution is -0.139. The SMILES string of the molecule is CCCSCCN1CCC(CCC(=O)c2ccnc3ccc(OC)cc23)C(CC(=O)O)C1. The van der Waals surface area contributed by atoms with Gasteiger partial charge in [-0.3, -0.25) is 14.6 Å². The summed E-state index contributed by atoms with van der Waals surface area (Å²) in [6, 6.07) is 7.34. The second-order valence-corrected chi connectivity index (χ2v) is 9.75. The topological polar surface area (TPSA) is 79.7 Å². The minimum Gasteiger partial charge on any atom is -0.497 e. The molecule has 2 unspecified atom stereocenters. The van der Waals surface area contributed by atoms with Gasteiger partial charge in [0.15, 0.2) is 5.78 Å². The quantitative estimate of drug-likeness (QED) is 0.363. The predicted octanol–water partition coefficient (Wildman–Crippen LogP) is 4.76. The summed E-state index contributed by atoms with van der Waals surface area (Å²) < 4.78 is 5.31. The number of hydrogen-bond acceptors (Lipinski definition) is 6. The fourth-order valence-electron chi connectivity index (χ4n) is 4.58. The lowest BCUT2D eigenvalue weighted by Gasteiger charge is -2.38. The number of fused-ring (bicyclic) bond motifs is 1. The molecule has 0 spiro atoms. The Morgan fingerprint density at radius 2 is 2.09 bits per heavy atom. The van der Waals surface area contributed by atoms with Gasteiger partial charge in [-0.2, -0.15) is 11.8 Å². The lowest BCUT2D eigenvalue weighted by Crippen LogP contribution is -2.42. The molecule has 1 saturated heterocycles. The molecule has 1 aliphatic rings. The smallest absolute Gasteiger partial charge is 0.303 e. The molecule has 6 nitrogen and oxygen atoms in total. The summed E-state index contributed by atoms with van der Waals surface area (Å²) in [5, 5.41) is 10.2. The minimum absolute atomic E-state index is 0.0816. The number of carboxylic acid groups (broad SMARTS) is 1. The first-order valence-corrected chi connectivity index (χ1v) is 12.6. The van der Waals surface area contributed by atoms with Gasteiger partial charge in [-0.15, -0.1) is 0 Å². The number of hydrogen-bond donors (Lipinski definition) is 1. The zero-order valence-corrected chi connectivity index (χ0v) is 19.9. The molecule has 2 atom stereocenters. The molecular formula is C25H34N2O4S. The number of aliphatic carboxylic acids is 1. The molecule has 1 aromatic carbocycles. The highest BCUT2D eigenvalue weighted by atomic mass is 32.2. The van der Waals surface area contributed by atoms with Gasteiger partial charge in [0.1, 0.15) is 5.75 Å². The molecule has 0 saturated carbocycles. The van der Waals surface area contributed by atoms with Crippen LogP contribution in [0.5, 0.6) is 5.75 Å². The molecule has 0 radical (unpaired) electrons. The fraction of sp³-hybridized carbons (Fsp3) is 0.560. The van der Waals surface area contributed by atoms with E-state index < -0.39 is 5.97 Å². The van der Waals surface area contributed by atoms with Crippen LogP contribution in [-0.2, 0) is 4.79 Å². The zero-order valence-electron chi connectivity index (χ0n) is 19.1. The van der Waals surface area contributed by atoms with E-state index in [1.54, 1.807) is 19.4 Å². The largest absolute Gasteiger partial charge is 0.497 e. The van der Waals surface area contributed by atoms with E-state index in [0.29, 0.717) is 17.7 Å². The number of aromatic nitrogens is 1. The van der Waals surface area contributed by atoms with E-state index in [9.17, 15) is 14.7 Å². The molecule has 1 N–H and O–H groups in total. The van der Waals surface area contributed by atoms with Crippen LogP contribution in [0, 0.1) is 11.8 Å². The Hall–Kier alpha value is -2.12. The third-order valence-electron chi connectivity index (χ3n) is 6.30. The number of ketones is 1. The summed E-state index contributed by atoms with van der Waals surface area (Å²) >= 11 is 1.96. The van der Waals surface area contributed by atoms with Crippen molar-refractivity contribution in [2.45, 2.75) is 39.0 Å². The van der Waals surface area contributed by atoms with E-state index in [-0.39, 0.29) is 24.0 Å². The Labute approximate surface area is 194 Å². The van der Waals surface area contributed by atoms with Gasteiger partial charge in [0.05, 0.1) is 12.6 Å². The van der Waals surface area contributed by atoms with Crippen molar-refractivity contribution < 1.29 is 19.4 Å². The Morgan fingerprint density at radius 1 is 1.25 bits per heavy atom. The van der Waals surface area contributed by atoms with Gasteiger partial charge in [0, 0.05) is 48.8 Å². The third kappa shape index (κ3) is 6.69. The van der Waals surface area contributed by atoms with Gasteiger partial charge in [0.25, 0.3) is 0 Å². The number of rotatable bonds is 12. The van der Waals surface area contributed by atoms with Crippen molar-refractivity contribution >= 4 is 34.4 Å². The first kappa shape index (κ1) is 24.5. The molecule has 1 aliphatic heterocycles. The van der Waals surface area contributed by atoms with Crippen LogP contribution in [0.15, 0.2) is 30.5 Å². The van der Waals surface area contributed by atoms with Gasteiger partial charge < -0.3 is 14.7 Å². The first-order valence-electron chi connectivity index (χ1n) is 11.5.